The number of rotatable bonds is 3. The Morgan fingerprint density at radius 1 is 0.950 bits per heavy atom. The van der Waals surface area contributed by atoms with Gasteiger partial charge in [0.2, 0.25) is 0 Å². The van der Waals surface area contributed by atoms with Crippen LogP contribution in [-0.4, -0.2) is 9.78 Å². The number of hydrogen-bond acceptors (Lipinski definition) is 1. The summed E-state index contributed by atoms with van der Waals surface area (Å²) in [6.45, 7) is 2.10. The minimum atomic E-state index is 1.09. The number of aryl methyl sites for hydroxylation is 1. The molecule has 20 heavy (non-hydrogen) atoms. The molecule has 3 aromatic rings. The van der Waals surface area contributed by atoms with Crippen molar-refractivity contribution in [1.82, 2.24) is 9.78 Å². The quantitative estimate of drug-likeness (QED) is 0.640. The summed E-state index contributed by atoms with van der Waals surface area (Å²) in [5.41, 5.74) is 4.69. The first-order valence-electron chi connectivity index (χ1n) is 6.67. The number of nitrogens with zero attached hydrogens (tertiary/aromatic N) is 2. The van der Waals surface area contributed by atoms with Crippen LogP contribution in [0, 0.1) is 6.92 Å². The molecule has 0 saturated heterocycles. The van der Waals surface area contributed by atoms with Crippen molar-refractivity contribution < 1.29 is 0 Å². The summed E-state index contributed by atoms with van der Waals surface area (Å²) in [7, 11) is 0. The van der Waals surface area contributed by atoms with E-state index in [4.69, 9.17) is 0 Å². The van der Waals surface area contributed by atoms with Gasteiger partial charge >= 0.3 is 0 Å². The molecular weight excluding hydrogens is 244 g/mol. The maximum atomic E-state index is 4.31. The van der Waals surface area contributed by atoms with Gasteiger partial charge < -0.3 is 0 Å². The lowest BCUT2D eigenvalue weighted by molar-refractivity contribution is 0.878. The number of hydrogen-bond donors (Lipinski definition) is 0. The highest BCUT2D eigenvalue weighted by Gasteiger charge is 2.02. The van der Waals surface area contributed by atoms with Crippen molar-refractivity contribution in [2.45, 2.75) is 6.92 Å². The van der Waals surface area contributed by atoms with Crippen LogP contribution in [0.2, 0.25) is 0 Å². The normalized spacial score (nSPS) is 11.1. The zero-order chi connectivity index (χ0) is 13.8. The molecule has 0 radical (unpaired) electrons. The smallest absolute Gasteiger partial charge is 0.0718 e. The fraction of sp³-hybridized carbons (Fsp3) is 0.0556. The van der Waals surface area contributed by atoms with Crippen LogP contribution in [0.3, 0.4) is 0 Å². The van der Waals surface area contributed by atoms with Gasteiger partial charge in [0.15, 0.2) is 0 Å². The largest absolute Gasteiger partial charge is 0.240 e. The van der Waals surface area contributed by atoms with E-state index in [1.807, 2.05) is 35.1 Å². The molecule has 0 saturated carbocycles. The average molecular weight is 260 g/mol. The summed E-state index contributed by atoms with van der Waals surface area (Å²) in [6, 6.07) is 18.6. The Morgan fingerprint density at radius 2 is 1.80 bits per heavy atom. The highest BCUT2D eigenvalue weighted by molar-refractivity contribution is 5.74. The van der Waals surface area contributed by atoms with Crippen LogP contribution in [0.1, 0.15) is 16.7 Å². The van der Waals surface area contributed by atoms with Crippen LogP contribution in [0.4, 0.5) is 0 Å². The van der Waals surface area contributed by atoms with Gasteiger partial charge in [-0.25, -0.2) is 4.68 Å². The van der Waals surface area contributed by atoms with Crippen LogP contribution in [0.25, 0.3) is 17.8 Å². The Balaban J connectivity index is 2.00. The third-order valence-corrected chi connectivity index (χ3v) is 3.19. The summed E-state index contributed by atoms with van der Waals surface area (Å²) in [5.74, 6) is 0. The van der Waals surface area contributed by atoms with Gasteiger partial charge in [-0.2, -0.15) is 5.10 Å². The lowest BCUT2D eigenvalue weighted by atomic mass is 10.1. The van der Waals surface area contributed by atoms with Gasteiger partial charge in [-0.05, 0) is 30.7 Å². The molecule has 0 spiro atoms. The van der Waals surface area contributed by atoms with Crippen molar-refractivity contribution in [2.24, 2.45) is 0 Å². The molecule has 0 aliphatic heterocycles. The third-order valence-electron chi connectivity index (χ3n) is 3.19. The molecule has 2 heteroatoms. The monoisotopic (exact) mass is 260 g/mol. The van der Waals surface area contributed by atoms with E-state index in [1.165, 1.54) is 11.1 Å². The van der Waals surface area contributed by atoms with Gasteiger partial charge in [-0.1, -0.05) is 54.1 Å². The van der Waals surface area contributed by atoms with Crippen LogP contribution in [0.5, 0.6) is 0 Å². The van der Waals surface area contributed by atoms with Gasteiger partial charge in [-0.3, -0.25) is 0 Å². The van der Waals surface area contributed by atoms with Crippen molar-refractivity contribution >= 4 is 12.2 Å². The zero-order valence-electron chi connectivity index (χ0n) is 11.4. The van der Waals surface area contributed by atoms with Gasteiger partial charge in [0, 0.05) is 18.0 Å². The number of benzene rings is 2. The average Bonchev–Trinajstić information content (AvgIpc) is 3.00. The Bertz CT molecular complexity index is 710. The molecule has 0 amide bonds. The lowest BCUT2D eigenvalue weighted by Crippen LogP contribution is -1.97. The van der Waals surface area contributed by atoms with Crippen molar-refractivity contribution in [3.63, 3.8) is 0 Å². The third kappa shape index (κ3) is 2.69. The van der Waals surface area contributed by atoms with Crippen molar-refractivity contribution in [3.8, 4) is 5.69 Å². The summed E-state index contributed by atoms with van der Waals surface area (Å²) < 4.78 is 1.89. The molecule has 0 fully saturated rings. The molecule has 2 nitrogen and oxygen atoms in total. The molecule has 2 aromatic carbocycles. The molecule has 3 rings (SSSR count). The zero-order valence-corrected chi connectivity index (χ0v) is 11.4. The Kier molecular flexibility index (Phi) is 3.46. The van der Waals surface area contributed by atoms with Gasteiger partial charge in [0.05, 0.1) is 5.69 Å². The fourth-order valence-electron chi connectivity index (χ4n) is 2.18. The molecular formula is C18H16N2. The second-order valence-electron chi connectivity index (χ2n) is 4.76. The molecule has 0 bridgehead atoms. The second kappa shape index (κ2) is 5.57. The van der Waals surface area contributed by atoms with Crippen LogP contribution < -0.4 is 0 Å². The second-order valence-corrected chi connectivity index (χ2v) is 4.76. The van der Waals surface area contributed by atoms with Crippen LogP contribution in [-0.2, 0) is 0 Å². The molecule has 1 heterocycles. The van der Waals surface area contributed by atoms with Crippen molar-refractivity contribution in [3.05, 3.63) is 83.7 Å². The Morgan fingerprint density at radius 3 is 2.55 bits per heavy atom. The lowest BCUT2D eigenvalue weighted by Gasteiger charge is -2.07. The van der Waals surface area contributed by atoms with Crippen molar-refractivity contribution in [2.75, 3.05) is 0 Å². The SMILES string of the molecule is Cc1ccc(-n2cccn2)c(/C=C/c2ccccc2)c1. The van der Waals surface area contributed by atoms with Crippen molar-refractivity contribution in [1.29, 1.82) is 0 Å². The van der Waals surface area contributed by atoms with E-state index in [1.54, 1.807) is 6.20 Å². The van der Waals surface area contributed by atoms with E-state index in [9.17, 15) is 0 Å². The summed E-state index contributed by atoms with van der Waals surface area (Å²) in [6.07, 6.45) is 8.02. The van der Waals surface area contributed by atoms with Gasteiger partial charge in [-0.15, -0.1) is 0 Å². The maximum absolute atomic E-state index is 4.31. The minimum absolute atomic E-state index is 1.09. The predicted octanol–water partition coefficient (Wildman–Crippen LogP) is 4.35. The molecule has 0 aliphatic carbocycles. The topological polar surface area (TPSA) is 17.8 Å². The highest BCUT2D eigenvalue weighted by atomic mass is 15.3. The Labute approximate surface area is 119 Å². The van der Waals surface area contributed by atoms with Gasteiger partial charge in [0.1, 0.15) is 0 Å². The van der Waals surface area contributed by atoms with E-state index < -0.39 is 0 Å². The van der Waals surface area contributed by atoms with Gasteiger partial charge in [0.25, 0.3) is 0 Å². The van der Waals surface area contributed by atoms with E-state index in [-0.39, 0.29) is 0 Å². The Hall–Kier alpha value is -2.61. The first-order chi connectivity index (χ1) is 9.83. The maximum Gasteiger partial charge on any atom is 0.0718 e. The molecule has 0 atom stereocenters. The molecule has 98 valence electrons. The summed E-state index contributed by atoms with van der Waals surface area (Å²) in [4.78, 5) is 0. The van der Waals surface area contributed by atoms with Crippen LogP contribution >= 0.6 is 0 Å². The van der Waals surface area contributed by atoms with E-state index >= 15 is 0 Å². The molecule has 0 N–H and O–H groups in total. The summed E-state index contributed by atoms with van der Waals surface area (Å²) in [5, 5.41) is 4.31. The minimum Gasteiger partial charge on any atom is -0.240 e. The van der Waals surface area contributed by atoms with E-state index in [0.29, 0.717) is 0 Å². The van der Waals surface area contributed by atoms with Crippen LogP contribution in [0.15, 0.2) is 67.0 Å². The molecule has 1 aromatic heterocycles. The fourth-order valence-corrected chi connectivity index (χ4v) is 2.18. The number of aromatic nitrogens is 2. The summed E-state index contributed by atoms with van der Waals surface area (Å²) >= 11 is 0. The van der Waals surface area contributed by atoms with E-state index in [2.05, 4.69) is 54.5 Å². The molecule has 0 unspecified atom stereocenters. The van der Waals surface area contributed by atoms with E-state index in [0.717, 1.165) is 11.3 Å². The standard InChI is InChI=1S/C18H16N2/c1-15-8-11-18(20-13-5-12-19-20)17(14-15)10-9-16-6-3-2-4-7-16/h2-14H,1H3/b10-9+. The first-order valence-corrected chi connectivity index (χ1v) is 6.67. The predicted molar refractivity (Wildman–Crippen MR) is 83.7 cm³/mol. The molecule has 0 aliphatic rings. The highest BCUT2D eigenvalue weighted by Crippen LogP contribution is 2.18. The first kappa shape index (κ1) is 12.4.